The summed E-state index contributed by atoms with van der Waals surface area (Å²) in [7, 11) is 0. The van der Waals surface area contributed by atoms with Crippen molar-refractivity contribution < 1.29 is 9.53 Å². The lowest BCUT2D eigenvalue weighted by Gasteiger charge is -2.09. The van der Waals surface area contributed by atoms with Gasteiger partial charge in [0.25, 0.3) is 5.91 Å². The number of fused-ring (bicyclic) bond motifs is 1. The first-order chi connectivity index (χ1) is 13.2. The Balaban J connectivity index is 1.36. The zero-order chi connectivity index (χ0) is 18.6. The van der Waals surface area contributed by atoms with E-state index < -0.39 is 0 Å². The van der Waals surface area contributed by atoms with Crippen LogP contribution >= 0.6 is 11.3 Å². The normalized spacial score (nSPS) is 10.7. The number of rotatable bonds is 5. The second-order valence-corrected chi connectivity index (χ2v) is 7.24. The molecule has 0 spiro atoms. The summed E-state index contributed by atoms with van der Waals surface area (Å²) in [5.74, 6) is 0.485. The molecule has 1 aromatic heterocycles. The van der Waals surface area contributed by atoms with E-state index in [1.165, 1.54) is 0 Å². The van der Waals surface area contributed by atoms with Crippen LogP contribution in [0.25, 0.3) is 22.0 Å². The maximum atomic E-state index is 12.2. The molecule has 3 aromatic carbocycles. The third kappa shape index (κ3) is 4.15. The highest BCUT2D eigenvalue weighted by atomic mass is 32.1. The monoisotopic (exact) mass is 374 g/mol. The molecule has 1 N–H and O–H groups in total. The molecule has 4 rings (SSSR count). The molecule has 0 fully saturated rings. The van der Waals surface area contributed by atoms with E-state index in [1.807, 2.05) is 79.0 Å². The lowest BCUT2D eigenvalue weighted by atomic mass is 10.1. The molecule has 0 bridgehead atoms. The van der Waals surface area contributed by atoms with Crippen molar-refractivity contribution in [2.24, 2.45) is 0 Å². The number of nitrogens with one attached hydrogen (secondary N) is 1. The Morgan fingerprint density at radius 1 is 1.04 bits per heavy atom. The molecule has 0 aliphatic rings. The second-order valence-electron chi connectivity index (χ2n) is 6.17. The van der Waals surface area contributed by atoms with E-state index in [9.17, 15) is 4.79 Å². The van der Waals surface area contributed by atoms with E-state index in [1.54, 1.807) is 11.3 Å². The third-order valence-electron chi connectivity index (χ3n) is 4.17. The quantitative estimate of drug-likeness (QED) is 0.516. The summed E-state index contributed by atoms with van der Waals surface area (Å²) in [5.41, 5.74) is 2.72. The van der Waals surface area contributed by atoms with Crippen molar-refractivity contribution in [2.75, 3.05) is 11.9 Å². The number of benzene rings is 3. The molecule has 1 amide bonds. The number of carbonyl (C=O) groups excluding carboxylic acids is 1. The lowest BCUT2D eigenvalue weighted by Crippen LogP contribution is -2.20. The first-order valence-corrected chi connectivity index (χ1v) is 9.49. The molecule has 0 atom stereocenters. The first-order valence-electron chi connectivity index (χ1n) is 8.61. The zero-order valence-electron chi connectivity index (χ0n) is 14.8. The van der Waals surface area contributed by atoms with Crippen molar-refractivity contribution in [1.82, 2.24) is 4.98 Å². The molecular weight excluding hydrogens is 356 g/mol. The van der Waals surface area contributed by atoms with Crippen LogP contribution in [0.2, 0.25) is 0 Å². The van der Waals surface area contributed by atoms with E-state index in [0.717, 1.165) is 32.7 Å². The van der Waals surface area contributed by atoms with Crippen molar-refractivity contribution in [3.8, 4) is 17.0 Å². The molecule has 0 radical (unpaired) electrons. The summed E-state index contributed by atoms with van der Waals surface area (Å²) in [6, 6.07) is 21.5. The van der Waals surface area contributed by atoms with Gasteiger partial charge >= 0.3 is 0 Å². The summed E-state index contributed by atoms with van der Waals surface area (Å²) in [5, 5.41) is 8.14. The number of anilines is 1. The van der Waals surface area contributed by atoms with Crippen LogP contribution in [0.15, 0.2) is 72.1 Å². The minimum atomic E-state index is -0.194. The van der Waals surface area contributed by atoms with Gasteiger partial charge in [-0.2, -0.15) is 0 Å². The van der Waals surface area contributed by atoms with Gasteiger partial charge < -0.3 is 10.1 Å². The Kier molecular flexibility index (Phi) is 4.85. The van der Waals surface area contributed by atoms with Crippen molar-refractivity contribution in [3.05, 3.63) is 77.1 Å². The van der Waals surface area contributed by atoms with Gasteiger partial charge in [-0.25, -0.2) is 4.98 Å². The molecule has 5 heteroatoms. The molecule has 0 unspecified atom stereocenters. The fourth-order valence-electron chi connectivity index (χ4n) is 2.82. The summed E-state index contributed by atoms with van der Waals surface area (Å²) in [6.45, 7) is 1.95. The van der Waals surface area contributed by atoms with Gasteiger partial charge in [0.2, 0.25) is 0 Å². The lowest BCUT2D eigenvalue weighted by molar-refractivity contribution is -0.118. The summed E-state index contributed by atoms with van der Waals surface area (Å²) < 4.78 is 5.62. The Hall–Kier alpha value is -3.18. The van der Waals surface area contributed by atoms with Gasteiger partial charge in [-0.05, 0) is 42.0 Å². The smallest absolute Gasteiger partial charge is 0.262 e. The maximum Gasteiger partial charge on any atom is 0.262 e. The number of hydrogen-bond donors (Lipinski definition) is 1. The minimum Gasteiger partial charge on any atom is -0.484 e. The van der Waals surface area contributed by atoms with Crippen LogP contribution in [0, 0.1) is 6.92 Å². The number of hydrogen-bond acceptors (Lipinski definition) is 4. The third-order valence-corrected chi connectivity index (χ3v) is 4.95. The van der Waals surface area contributed by atoms with Crippen molar-refractivity contribution in [3.63, 3.8) is 0 Å². The number of carbonyl (C=O) groups is 1. The average molecular weight is 374 g/mol. The van der Waals surface area contributed by atoms with Crippen LogP contribution < -0.4 is 10.1 Å². The SMILES string of the molecule is Cc1nc(-c2ccc(NC(=O)COc3ccc4ccccc4c3)cc2)cs1. The predicted octanol–water partition coefficient (Wildman–Crippen LogP) is 5.29. The Morgan fingerprint density at radius 2 is 1.81 bits per heavy atom. The average Bonchev–Trinajstić information content (AvgIpc) is 3.13. The van der Waals surface area contributed by atoms with E-state index in [-0.39, 0.29) is 12.5 Å². The summed E-state index contributed by atoms with van der Waals surface area (Å²) in [4.78, 5) is 16.6. The van der Waals surface area contributed by atoms with Gasteiger partial charge in [-0.3, -0.25) is 4.79 Å². The van der Waals surface area contributed by atoms with Gasteiger partial charge in [0, 0.05) is 16.6 Å². The fourth-order valence-corrected chi connectivity index (χ4v) is 3.45. The fraction of sp³-hybridized carbons (Fsp3) is 0.0909. The van der Waals surface area contributed by atoms with Gasteiger partial charge in [-0.15, -0.1) is 11.3 Å². The number of aromatic nitrogens is 1. The van der Waals surface area contributed by atoms with Crippen molar-refractivity contribution in [1.29, 1.82) is 0 Å². The number of aryl methyl sites for hydroxylation is 1. The van der Waals surface area contributed by atoms with Crippen LogP contribution in [0.1, 0.15) is 5.01 Å². The van der Waals surface area contributed by atoms with E-state index >= 15 is 0 Å². The van der Waals surface area contributed by atoms with Crippen molar-refractivity contribution >= 4 is 33.7 Å². The number of thiazole rings is 1. The Morgan fingerprint density at radius 3 is 2.56 bits per heavy atom. The molecule has 4 aromatic rings. The largest absolute Gasteiger partial charge is 0.484 e. The van der Waals surface area contributed by atoms with Crippen molar-refractivity contribution in [2.45, 2.75) is 6.92 Å². The topological polar surface area (TPSA) is 51.2 Å². The van der Waals surface area contributed by atoms with Crippen LogP contribution in [-0.4, -0.2) is 17.5 Å². The van der Waals surface area contributed by atoms with Crippen LogP contribution in [-0.2, 0) is 4.79 Å². The van der Waals surface area contributed by atoms with Crippen LogP contribution in [0.5, 0.6) is 5.75 Å². The Bertz CT molecular complexity index is 1090. The standard InChI is InChI=1S/C22H18N2O2S/c1-15-23-21(14-27-15)17-6-9-19(10-7-17)24-22(25)13-26-20-11-8-16-4-2-3-5-18(16)12-20/h2-12,14H,13H2,1H3,(H,24,25). The highest BCUT2D eigenvalue weighted by Crippen LogP contribution is 2.23. The van der Waals surface area contributed by atoms with Crippen LogP contribution in [0.4, 0.5) is 5.69 Å². The van der Waals surface area contributed by atoms with Gasteiger partial charge in [-0.1, -0.05) is 42.5 Å². The molecule has 0 saturated carbocycles. The molecule has 27 heavy (non-hydrogen) atoms. The summed E-state index contributed by atoms with van der Waals surface area (Å²) in [6.07, 6.45) is 0. The second kappa shape index (κ2) is 7.60. The molecule has 0 aliphatic heterocycles. The highest BCUT2D eigenvalue weighted by molar-refractivity contribution is 7.09. The van der Waals surface area contributed by atoms with Gasteiger partial charge in [0.15, 0.2) is 6.61 Å². The van der Waals surface area contributed by atoms with E-state index in [4.69, 9.17) is 4.74 Å². The Labute approximate surface area is 161 Å². The molecule has 0 saturated heterocycles. The number of ether oxygens (including phenoxy) is 1. The minimum absolute atomic E-state index is 0.0363. The number of nitrogens with zero attached hydrogens (tertiary/aromatic N) is 1. The number of amides is 1. The van der Waals surface area contributed by atoms with Crippen LogP contribution in [0.3, 0.4) is 0 Å². The summed E-state index contributed by atoms with van der Waals surface area (Å²) >= 11 is 1.62. The molecule has 4 nitrogen and oxygen atoms in total. The van der Waals surface area contributed by atoms with Gasteiger partial charge in [0.1, 0.15) is 5.75 Å². The predicted molar refractivity (Wildman–Crippen MR) is 110 cm³/mol. The highest BCUT2D eigenvalue weighted by Gasteiger charge is 2.06. The molecule has 134 valence electrons. The zero-order valence-corrected chi connectivity index (χ0v) is 15.6. The maximum absolute atomic E-state index is 12.2. The molecular formula is C22H18N2O2S. The van der Waals surface area contributed by atoms with E-state index in [2.05, 4.69) is 10.3 Å². The molecule has 0 aliphatic carbocycles. The van der Waals surface area contributed by atoms with Gasteiger partial charge in [0.05, 0.1) is 10.7 Å². The van der Waals surface area contributed by atoms with E-state index in [0.29, 0.717) is 5.75 Å². The molecule has 1 heterocycles. The first kappa shape index (κ1) is 17.2.